The molecule has 0 aliphatic carbocycles. The van der Waals surface area contributed by atoms with E-state index >= 15 is 0 Å². The first kappa shape index (κ1) is 30.5. The van der Waals surface area contributed by atoms with Gasteiger partial charge in [0.2, 0.25) is 0 Å². The molecule has 0 N–H and O–H groups in total. The predicted octanol–water partition coefficient (Wildman–Crippen LogP) is -0.982. The molecule has 0 atom stereocenters. The molecule has 0 amide bonds. The van der Waals surface area contributed by atoms with Crippen molar-refractivity contribution in [3.63, 3.8) is 0 Å². The van der Waals surface area contributed by atoms with Crippen LogP contribution in [0.3, 0.4) is 0 Å². The van der Waals surface area contributed by atoms with E-state index in [9.17, 15) is 20.4 Å². The molecule has 0 aliphatic heterocycles. The molecule has 106 valence electrons. The molecule has 0 radical (unpaired) electrons. The predicted molar refractivity (Wildman–Crippen MR) is 60.5 cm³/mol. The third-order valence-electron chi connectivity index (χ3n) is 0. The Morgan fingerprint density at radius 3 is 0.412 bits per heavy atom. The van der Waals surface area contributed by atoms with Crippen molar-refractivity contribution in [1.82, 2.24) is 0 Å². The summed E-state index contributed by atoms with van der Waals surface area (Å²) in [5.41, 5.74) is 0. The van der Waals surface area contributed by atoms with E-state index in [-0.39, 0.29) is 21.1 Å². The summed E-state index contributed by atoms with van der Waals surface area (Å²) in [5.74, 6) is 0. The van der Waals surface area contributed by atoms with Crippen LogP contribution in [0.1, 0.15) is 55.4 Å². The van der Waals surface area contributed by atoms with Crippen LogP contribution in [-0.4, -0.2) is 24.4 Å². The van der Waals surface area contributed by atoms with Gasteiger partial charge in [-0.1, -0.05) is 55.4 Å². The molecular weight excluding hydrogens is 392 g/mol. The summed E-state index contributed by atoms with van der Waals surface area (Å²) in [7, 11) is 0. The van der Waals surface area contributed by atoms with E-state index < -0.39 is 24.4 Å². The Kier molecular flexibility index (Phi) is 45.6. The van der Waals surface area contributed by atoms with E-state index in [4.69, 9.17) is 0 Å². The maximum atomic E-state index is 9.53. The van der Waals surface area contributed by atoms with Gasteiger partial charge in [-0.05, 0) is 0 Å². The maximum absolute atomic E-state index is 9.53. The molecular formula is C12H28O4W. The van der Waals surface area contributed by atoms with Gasteiger partial charge >= 0.3 is 21.1 Å². The maximum Gasteiger partial charge on any atom is 4.00 e. The second kappa shape index (κ2) is 25.4. The molecule has 0 bridgehead atoms. The molecule has 5 heteroatoms. The second-order valence-electron chi connectivity index (χ2n) is 4.20. The quantitative estimate of drug-likeness (QED) is 0.504. The minimum Gasteiger partial charge on any atom is -0.852 e. The molecule has 0 spiro atoms. The third kappa shape index (κ3) is 12500. The van der Waals surface area contributed by atoms with E-state index in [0.29, 0.717) is 0 Å². The zero-order valence-electron chi connectivity index (χ0n) is 12.4. The fourth-order valence-electron chi connectivity index (χ4n) is 0. The third-order valence-corrected chi connectivity index (χ3v) is 0. The van der Waals surface area contributed by atoms with Crippen LogP contribution >= 0.6 is 0 Å². The van der Waals surface area contributed by atoms with Crippen molar-refractivity contribution in [3.05, 3.63) is 0 Å². The summed E-state index contributed by atoms with van der Waals surface area (Å²) in [5, 5.41) is 38.1. The van der Waals surface area contributed by atoms with Gasteiger partial charge in [0.05, 0.1) is 0 Å². The number of hydrogen-bond donors (Lipinski definition) is 0. The Balaban J connectivity index is -0.0000000369. The van der Waals surface area contributed by atoms with Crippen LogP contribution in [0, 0.1) is 0 Å². The Hall–Kier alpha value is 0.528. The van der Waals surface area contributed by atoms with E-state index in [2.05, 4.69) is 0 Å². The minimum atomic E-state index is -0.417. The summed E-state index contributed by atoms with van der Waals surface area (Å²) in [4.78, 5) is 0. The first-order valence-electron chi connectivity index (χ1n) is 5.56. The first-order chi connectivity index (χ1) is 6.93. The van der Waals surface area contributed by atoms with Gasteiger partial charge in [0.25, 0.3) is 0 Å². The van der Waals surface area contributed by atoms with Crippen molar-refractivity contribution in [2.24, 2.45) is 0 Å². The zero-order valence-corrected chi connectivity index (χ0v) is 15.3. The van der Waals surface area contributed by atoms with E-state index in [1.807, 2.05) is 0 Å². The molecule has 0 heterocycles. The normalized spacial score (nSPS) is 8.47. The standard InChI is InChI=1S/4C3H7O.W/c4*1-3(2)4;/h4*3H,1-2H3;/q4*-1;+4. The molecule has 0 unspecified atom stereocenters. The van der Waals surface area contributed by atoms with Gasteiger partial charge in [0.1, 0.15) is 0 Å². The topological polar surface area (TPSA) is 92.2 Å². The van der Waals surface area contributed by atoms with Crippen LogP contribution in [0.15, 0.2) is 0 Å². The molecule has 17 heavy (non-hydrogen) atoms. The summed E-state index contributed by atoms with van der Waals surface area (Å²) < 4.78 is 0. The Morgan fingerprint density at radius 1 is 0.412 bits per heavy atom. The molecule has 0 saturated heterocycles. The summed E-state index contributed by atoms with van der Waals surface area (Å²) in [6.45, 7) is 12.9. The molecule has 0 fully saturated rings. The van der Waals surface area contributed by atoms with Gasteiger partial charge in [0.15, 0.2) is 0 Å². The Bertz CT molecular complexity index is 61.5. The van der Waals surface area contributed by atoms with Crippen LogP contribution in [0.4, 0.5) is 0 Å². The van der Waals surface area contributed by atoms with Crippen molar-refractivity contribution in [1.29, 1.82) is 0 Å². The monoisotopic (exact) mass is 420 g/mol. The van der Waals surface area contributed by atoms with Gasteiger partial charge in [-0.3, -0.25) is 0 Å². The summed E-state index contributed by atoms with van der Waals surface area (Å²) in [6, 6.07) is 0. The zero-order chi connectivity index (χ0) is 14.3. The summed E-state index contributed by atoms with van der Waals surface area (Å²) >= 11 is 0. The average Bonchev–Trinajstić information content (AvgIpc) is 1.76. The fraction of sp³-hybridized carbons (Fsp3) is 1.00. The van der Waals surface area contributed by atoms with Crippen LogP contribution in [0.5, 0.6) is 0 Å². The molecule has 0 aromatic carbocycles. The second-order valence-corrected chi connectivity index (χ2v) is 4.20. The Labute approximate surface area is 121 Å². The van der Waals surface area contributed by atoms with Gasteiger partial charge < -0.3 is 20.4 Å². The van der Waals surface area contributed by atoms with Crippen molar-refractivity contribution >= 4 is 0 Å². The van der Waals surface area contributed by atoms with Gasteiger partial charge in [-0.25, -0.2) is 0 Å². The molecule has 0 aliphatic rings. The minimum absolute atomic E-state index is 0. The number of rotatable bonds is 0. The van der Waals surface area contributed by atoms with Crippen LogP contribution in [-0.2, 0) is 21.1 Å². The van der Waals surface area contributed by atoms with E-state index in [0.717, 1.165) is 0 Å². The van der Waals surface area contributed by atoms with E-state index in [1.165, 1.54) is 0 Å². The molecule has 0 rings (SSSR count). The molecule has 0 aromatic heterocycles. The Morgan fingerprint density at radius 2 is 0.412 bits per heavy atom. The SMILES string of the molecule is CC(C)[O-].CC(C)[O-].CC(C)[O-].CC(C)[O-].[W+4]. The van der Waals surface area contributed by atoms with Crippen molar-refractivity contribution in [3.8, 4) is 0 Å². The molecule has 0 aromatic rings. The molecule has 0 saturated carbocycles. The fourth-order valence-corrected chi connectivity index (χ4v) is 0. The van der Waals surface area contributed by atoms with Crippen molar-refractivity contribution in [2.45, 2.75) is 79.8 Å². The van der Waals surface area contributed by atoms with Crippen LogP contribution in [0.25, 0.3) is 0 Å². The van der Waals surface area contributed by atoms with E-state index in [1.54, 1.807) is 55.4 Å². The van der Waals surface area contributed by atoms with Crippen LogP contribution in [0.2, 0.25) is 0 Å². The van der Waals surface area contributed by atoms with Gasteiger partial charge in [-0.15, -0.1) is 24.4 Å². The van der Waals surface area contributed by atoms with Gasteiger partial charge in [0, 0.05) is 0 Å². The smallest absolute Gasteiger partial charge is 0.852 e. The molecule has 4 nitrogen and oxygen atoms in total. The van der Waals surface area contributed by atoms with Crippen LogP contribution < -0.4 is 20.4 Å². The average molecular weight is 420 g/mol. The van der Waals surface area contributed by atoms with Crippen molar-refractivity contribution in [2.75, 3.05) is 0 Å². The van der Waals surface area contributed by atoms with Crippen molar-refractivity contribution < 1.29 is 41.5 Å². The first-order valence-corrected chi connectivity index (χ1v) is 5.56. The summed E-state index contributed by atoms with van der Waals surface area (Å²) in [6.07, 6.45) is -1.67. The largest absolute Gasteiger partial charge is 4.00 e. The van der Waals surface area contributed by atoms with Gasteiger partial charge in [-0.2, -0.15) is 0 Å². The number of hydrogen-bond acceptors (Lipinski definition) is 4.